The van der Waals surface area contributed by atoms with E-state index in [4.69, 9.17) is 4.74 Å². The minimum absolute atomic E-state index is 0.514. The SMILES string of the molecule is CNCC1(CC2COc3ccccc32)CCCC1. The van der Waals surface area contributed by atoms with Gasteiger partial charge < -0.3 is 10.1 Å². The third-order valence-corrected chi connectivity index (χ3v) is 4.69. The predicted molar refractivity (Wildman–Crippen MR) is 74.1 cm³/mol. The van der Waals surface area contributed by atoms with E-state index in [-0.39, 0.29) is 0 Å². The number of hydrogen-bond acceptors (Lipinski definition) is 2. The summed E-state index contributed by atoms with van der Waals surface area (Å²) in [6, 6.07) is 8.56. The van der Waals surface area contributed by atoms with Gasteiger partial charge in [0.15, 0.2) is 0 Å². The first kappa shape index (κ1) is 12.0. The molecule has 2 heteroatoms. The molecular formula is C16H23NO. The van der Waals surface area contributed by atoms with E-state index in [1.807, 2.05) is 0 Å². The molecule has 1 aliphatic carbocycles. The summed E-state index contributed by atoms with van der Waals surface area (Å²) >= 11 is 0. The summed E-state index contributed by atoms with van der Waals surface area (Å²) in [5.41, 5.74) is 1.94. The summed E-state index contributed by atoms with van der Waals surface area (Å²) < 4.78 is 5.82. The molecule has 2 aliphatic rings. The first-order chi connectivity index (χ1) is 8.83. The van der Waals surface area contributed by atoms with Gasteiger partial charge in [-0.25, -0.2) is 0 Å². The van der Waals surface area contributed by atoms with Gasteiger partial charge in [-0.1, -0.05) is 31.0 Å². The van der Waals surface area contributed by atoms with Gasteiger partial charge in [-0.3, -0.25) is 0 Å². The van der Waals surface area contributed by atoms with Gasteiger partial charge in [0.25, 0.3) is 0 Å². The highest BCUT2D eigenvalue weighted by atomic mass is 16.5. The average Bonchev–Trinajstić information content (AvgIpc) is 2.99. The number of para-hydroxylation sites is 1. The Kier molecular flexibility index (Phi) is 3.29. The first-order valence-corrected chi connectivity index (χ1v) is 7.19. The molecule has 0 aromatic heterocycles. The van der Waals surface area contributed by atoms with Gasteiger partial charge in [0.1, 0.15) is 5.75 Å². The van der Waals surface area contributed by atoms with Crippen molar-refractivity contribution < 1.29 is 4.74 Å². The number of benzene rings is 1. The fourth-order valence-corrected chi connectivity index (χ4v) is 3.87. The molecule has 1 aliphatic heterocycles. The van der Waals surface area contributed by atoms with E-state index in [0.29, 0.717) is 11.3 Å². The van der Waals surface area contributed by atoms with Crippen molar-refractivity contribution in [3.63, 3.8) is 0 Å². The van der Waals surface area contributed by atoms with E-state index in [1.54, 1.807) is 0 Å². The van der Waals surface area contributed by atoms with Crippen LogP contribution in [0.4, 0.5) is 0 Å². The fraction of sp³-hybridized carbons (Fsp3) is 0.625. The third kappa shape index (κ3) is 2.14. The van der Waals surface area contributed by atoms with Gasteiger partial charge in [0.2, 0.25) is 0 Å². The molecule has 1 heterocycles. The van der Waals surface area contributed by atoms with Crippen molar-refractivity contribution in [1.29, 1.82) is 0 Å². The molecule has 1 aromatic rings. The molecule has 98 valence electrons. The Balaban J connectivity index is 1.77. The van der Waals surface area contributed by atoms with E-state index in [0.717, 1.165) is 18.9 Å². The number of nitrogens with one attached hydrogen (secondary N) is 1. The van der Waals surface area contributed by atoms with Crippen LogP contribution >= 0.6 is 0 Å². The Labute approximate surface area is 110 Å². The minimum Gasteiger partial charge on any atom is -0.493 e. The van der Waals surface area contributed by atoms with Crippen molar-refractivity contribution in [2.75, 3.05) is 20.2 Å². The Morgan fingerprint density at radius 2 is 2.06 bits per heavy atom. The molecule has 0 amide bonds. The van der Waals surface area contributed by atoms with E-state index >= 15 is 0 Å². The van der Waals surface area contributed by atoms with Gasteiger partial charge >= 0.3 is 0 Å². The van der Waals surface area contributed by atoms with Crippen LogP contribution in [0.15, 0.2) is 24.3 Å². The van der Waals surface area contributed by atoms with Crippen molar-refractivity contribution in [3.8, 4) is 5.75 Å². The molecule has 1 aromatic carbocycles. The molecule has 18 heavy (non-hydrogen) atoms. The summed E-state index contributed by atoms with van der Waals surface area (Å²) in [6.07, 6.45) is 6.84. The Morgan fingerprint density at radius 3 is 2.83 bits per heavy atom. The number of ether oxygens (including phenoxy) is 1. The maximum atomic E-state index is 5.82. The Bertz CT molecular complexity index is 409. The lowest BCUT2D eigenvalue weighted by Crippen LogP contribution is -2.32. The fourth-order valence-electron chi connectivity index (χ4n) is 3.87. The Hall–Kier alpha value is -1.02. The topological polar surface area (TPSA) is 21.3 Å². The molecule has 0 spiro atoms. The highest BCUT2D eigenvalue weighted by Gasteiger charge is 2.38. The lowest BCUT2D eigenvalue weighted by atomic mass is 9.76. The molecule has 0 bridgehead atoms. The second-order valence-corrected chi connectivity index (χ2v) is 5.99. The zero-order chi connectivity index (χ0) is 12.4. The standard InChI is InChI=1S/C16H23NO/c1-17-12-16(8-4-5-9-16)10-13-11-18-15-7-3-2-6-14(13)15/h2-3,6-7,13,17H,4-5,8-12H2,1H3. The van der Waals surface area contributed by atoms with E-state index in [2.05, 4.69) is 36.6 Å². The predicted octanol–water partition coefficient (Wildman–Crippen LogP) is 3.33. The molecule has 2 nitrogen and oxygen atoms in total. The second-order valence-electron chi connectivity index (χ2n) is 5.99. The van der Waals surface area contributed by atoms with Crippen LogP contribution in [0.5, 0.6) is 5.75 Å². The van der Waals surface area contributed by atoms with Crippen LogP contribution in [0.3, 0.4) is 0 Å². The van der Waals surface area contributed by atoms with Gasteiger partial charge in [-0.15, -0.1) is 0 Å². The van der Waals surface area contributed by atoms with E-state index in [9.17, 15) is 0 Å². The molecule has 1 unspecified atom stereocenters. The zero-order valence-corrected chi connectivity index (χ0v) is 11.2. The molecule has 3 rings (SSSR count). The van der Waals surface area contributed by atoms with Crippen LogP contribution < -0.4 is 10.1 Å². The zero-order valence-electron chi connectivity index (χ0n) is 11.2. The summed E-state index contributed by atoms with van der Waals surface area (Å²) in [5, 5.41) is 3.41. The van der Waals surface area contributed by atoms with Crippen molar-refractivity contribution in [1.82, 2.24) is 5.32 Å². The lowest BCUT2D eigenvalue weighted by molar-refractivity contribution is 0.220. The molecule has 1 N–H and O–H groups in total. The normalized spacial score (nSPS) is 24.8. The van der Waals surface area contributed by atoms with Crippen molar-refractivity contribution in [3.05, 3.63) is 29.8 Å². The molecular weight excluding hydrogens is 222 g/mol. The molecule has 0 radical (unpaired) electrons. The van der Waals surface area contributed by atoms with Gasteiger partial charge in [0.05, 0.1) is 6.61 Å². The summed E-state index contributed by atoms with van der Waals surface area (Å²) in [4.78, 5) is 0. The minimum atomic E-state index is 0.514. The smallest absolute Gasteiger partial charge is 0.122 e. The van der Waals surface area contributed by atoms with Gasteiger partial charge in [-0.05, 0) is 37.8 Å². The lowest BCUT2D eigenvalue weighted by Gasteiger charge is -2.31. The summed E-state index contributed by atoms with van der Waals surface area (Å²) in [5.74, 6) is 1.72. The van der Waals surface area contributed by atoms with E-state index < -0.39 is 0 Å². The van der Waals surface area contributed by atoms with Gasteiger partial charge in [-0.2, -0.15) is 0 Å². The van der Waals surface area contributed by atoms with Crippen molar-refractivity contribution in [2.45, 2.75) is 38.0 Å². The van der Waals surface area contributed by atoms with Crippen LogP contribution in [-0.2, 0) is 0 Å². The Morgan fingerprint density at radius 1 is 1.28 bits per heavy atom. The molecule has 1 fully saturated rings. The largest absolute Gasteiger partial charge is 0.493 e. The summed E-state index contributed by atoms with van der Waals surface area (Å²) in [7, 11) is 2.08. The van der Waals surface area contributed by atoms with Crippen LogP contribution in [0.2, 0.25) is 0 Å². The van der Waals surface area contributed by atoms with Crippen LogP contribution in [0, 0.1) is 5.41 Å². The van der Waals surface area contributed by atoms with Crippen LogP contribution in [0.1, 0.15) is 43.6 Å². The van der Waals surface area contributed by atoms with Crippen molar-refractivity contribution >= 4 is 0 Å². The molecule has 1 atom stereocenters. The third-order valence-electron chi connectivity index (χ3n) is 4.69. The average molecular weight is 245 g/mol. The second kappa shape index (κ2) is 4.93. The van der Waals surface area contributed by atoms with Crippen LogP contribution in [0.25, 0.3) is 0 Å². The highest BCUT2D eigenvalue weighted by Crippen LogP contribution is 2.47. The quantitative estimate of drug-likeness (QED) is 0.878. The maximum Gasteiger partial charge on any atom is 0.122 e. The monoisotopic (exact) mass is 245 g/mol. The van der Waals surface area contributed by atoms with Crippen LogP contribution in [-0.4, -0.2) is 20.2 Å². The number of rotatable bonds is 4. The molecule has 1 saturated carbocycles. The number of fused-ring (bicyclic) bond motifs is 1. The van der Waals surface area contributed by atoms with Gasteiger partial charge in [0, 0.05) is 18.0 Å². The van der Waals surface area contributed by atoms with E-state index in [1.165, 1.54) is 37.7 Å². The maximum absolute atomic E-state index is 5.82. The summed E-state index contributed by atoms with van der Waals surface area (Å²) in [6.45, 7) is 2.04. The highest BCUT2D eigenvalue weighted by molar-refractivity contribution is 5.39. The van der Waals surface area contributed by atoms with Crippen molar-refractivity contribution in [2.24, 2.45) is 5.41 Å². The first-order valence-electron chi connectivity index (χ1n) is 7.19. The number of hydrogen-bond donors (Lipinski definition) is 1. The molecule has 0 saturated heterocycles.